The Balaban J connectivity index is 0.00000200. The summed E-state index contributed by atoms with van der Waals surface area (Å²) in [6.45, 7) is 6.81. The van der Waals surface area contributed by atoms with Crippen molar-refractivity contribution in [2.24, 2.45) is 0 Å². The average molecular weight is 304 g/mol. The van der Waals surface area contributed by atoms with E-state index in [2.05, 4.69) is 18.7 Å². The van der Waals surface area contributed by atoms with Gasteiger partial charge in [-0.15, -0.1) is 12.4 Å². The van der Waals surface area contributed by atoms with Crippen LogP contribution >= 0.6 is 12.4 Å². The number of phenolic OH excluding ortho intramolecular Hbond substituents is 1. The Bertz CT molecular complexity index is 436. The van der Waals surface area contributed by atoms with Crippen LogP contribution < -0.4 is 4.74 Å². The van der Waals surface area contributed by atoms with E-state index in [4.69, 9.17) is 4.74 Å². The van der Waals surface area contributed by atoms with E-state index in [0.717, 1.165) is 25.9 Å². The molecule has 0 aromatic heterocycles. The Morgan fingerprint density at radius 3 is 2.55 bits per heavy atom. The third-order valence-electron chi connectivity index (χ3n) is 3.59. The largest absolute Gasteiger partial charge is 0.508 e. The Morgan fingerprint density at radius 1 is 1.30 bits per heavy atom. The highest BCUT2D eigenvalue weighted by molar-refractivity contribution is 5.85. The van der Waals surface area contributed by atoms with E-state index in [1.807, 2.05) is 0 Å². The summed E-state index contributed by atoms with van der Waals surface area (Å²) in [6, 6.07) is 2.88. The fourth-order valence-corrected chi connectivity index (χ4v) is 2.70. The van der Waals surface area contributed by atoms with Gasteiger partial charge >= 0.3 is 0 Å². The second-order valence-corrected chi connectivity index (χ2v) is 5.08. The minimum atomic E-state index is -0.385. The van der Waals surface area contributed by atoms with Gasteiger partial charge in [0.25, 0.3) is 0 Å². The molecule has 0 radical (unpaired) electrons. The number of rotatable bonds is 5. The molecule has 0 fully saturated rings. The number of halogens is 2. The lowest BCUT2D eigenvalue weighted by molar-refractivity contribution is 0.114. The molecule has 1 heterocycles. The first-order chi connectivity index (χ1) is 9.17. The van der Waals surface area contributed by atoms with E-state index in [0.29, 0.717) is 18.6 Å². The van der Waals surface area contributed by atoms with Crippen LogP contribution in [0.3, 0.4) is 0 Å². The molecule has 1 N–H and O–H groups in total. The van der Waals surface area contributed by atoms with E-state index in [-0.39, 0.29) is 35.8 Å². The standard InChI is InChI=1S/C15H22FNO2.ClH/c1-3-7-17(8-4-2)11-9-12-14(18)6-5-13(16)15(12)19-10-11;/h5-6,11,18H,3-4,7-10H2,1-2H3;1H. The summed E-state index contributed by atoms with van der Waals surface area (Å²) >= 11 is 0. The van der Waals surface area contributed by atoms with Crippen LogP contribution in [0.5, 0.6) is 11.5 Å². The zero-order valence-corrected chi connectivity index (χ0v) is 12.9. The molecule has 1 aliphatic rings. The number of hydrogen-bond acceptors (Lipinski definition) is 3. The molecule has 3 nitrogen and oxygen atoms in total. The molecule has 0 saturated carbocycles. The summed E-state index contributed by atoms with van der Waals surface area (Å²) < 4.78 is 19.2. The van der Waals surface area contributed by atoms with Gasteiger partial charge in [0.05, 0.1) is 0 Å². The molecule has 0 saturated heterocycles. The summed E-state index contributed by atoms with van der Waals surface area (Å²) in [5, 5.41) is 9.87. The van der Waals surface area contributed by atoms with Crippen molar-refractivity contribution in [3.63, 3.8) is 0 Å². The smallest absolute Gasteiger partial charge is 0.165 e. The fraction of sp³-hybridized carbons (Fsp3) is 0.600. The zero-order chi connectivity index (χ0) is 13.8. The van der Waals surface area contributed by atoms with Gasteiger partial charge in [0, 0.05) is 11.6 Å². The molecule has 1 aromatic rings. The summed E-state index contributed by atoms with van der Waals surface area (Å²) in [5.74, 6) is -0.0259. The normalized spacial score (nSPS) is 17.3. The molecule has 0 spiro atoms. The van der Waals surface area contributed by atoms with Gasteiger partial charge in [-0.2, -0.15) is 0 Å². The first kappa shape index (κ1) is 17.1. The highest BCUT2D eigenvalue weighted by atomic mass is 35.5. The van der Waals surface area contributed by atoms with Gasteiger partial charge < -0.3 is 9.84 Å². The van der Waals surface area contributed by atoms with Crippen LogP contribution in [0.4, 0.5) is 4.39 Å². The highest BCUT2D eigenvalue weighted by Crippen LogP contribution is 2.35. The summed E-state index contributed by atoms with van der Waals surface area (Å²) in [6.07, 6.45) is 2.82. The molecular weight excluding hydrogens is 281 g/mol. The monoisotopic (exact) mass is 303 g/mol. The number of nitrogens with zero attached hydrogens (tertiary/aromatic N) is 1. The van der Waals surface area contributed by atoms with Crippen molar-refractivity contribution in [2.75, 3.05) is 19.7 Å². The lowest BCUT2D eigenvalue weighted by atomic mass is 9.99. The molecule has 20 heavy (non-hydrogen) atoms. The topological polar surface area (TPSA) is 32.7 Å². The third-order valence-corrected chi connectivity index (χ3v) is 3.59. The van der Waals surface area contributed by atoms with Crippen LogP contribution in [-0.4, -0.2) is 35.7 Å². The van der Waals surface area contributed by atoms with E-state index < -0.39 is 0 Å². The number of fused-ring (bicyclic) bond motifs is 1. The number of phenols is 1. The molecule has 1 atom stereocenters. The lowest BCUT2D eigenvalue weighted by Gasteiger charge is -2.35. The van der Waals surface area contributed by atoms with Gasteiger partial charge in [-0.05, 0) is 44.5 Å². The number of ether oxygens (including phenoxy) is 1. The van der Waals surface area contributed by atoms with Crippen molar-refractivity contribution in [1.29, 1.82) is 0 Å². The van der Waals surface area contributed by atoms with Crippen LogP contribution in [0.25, 0.3) is 0 Å². The van der Waals surface area contributed by atoms with E-state index in [1.54, 1.807) is 0 Å². The summed E-state index contributed by atoms with van der Waals surface area (Å²) in [5.41, 5.74) is 0.605. The highest BCUT2D eigenvalue weighted by Gasteiger charge is 2.28. The van der Waals surface area contributed by atoms with E-state index in [1.165, 1.54) is 12.1 Å². The second kappa shape index (κ2) is 7.70. The predicted molar refractivity (Wildman–Crippen MR) is 80.5 cm³/mol. The van der Waals surface area contributed by atoms with Gasteiger partial charge in [-0.3, -0.25) is 4.90 Å². The maximum absolute atomic E-state index is 13.6. The first-order valence-corrected chi connectivity index (χ1v) is 7.04. The van der Waals surface area contributed by atoms with Crippen molar-refractivity contribution in [1.82, 2.24) is 4.90 Å². The van der Waals surface area contributed by atoms with Crippen LogP contribution in [-0.2, 0) is 6.42 Å². The Kier molecular flexibility index (Phi) is 6.56. The zero-order valence-electron chi connectivity index (χ0n) is 12.1. The summed E-state index contributed by atoms with van der Waals surface area (Å²) in [4.78, 5) is 2.37. The molecule has 1 aliphatic heterocycles. The second-order valence-electron chi connectivity index (χ2n) is 5.08. The molecule has 1 aromatic carbocycles. The molecular formula is C15H23ClFNO2. The molecule has 0 amide bonds. The SMILES string of the molecule is CCCN(CCC)C1COc2c(F)ccc(O)c2C1.Cl. The number of benzene rings is 1. The van der Waals surface area contributed by atoms with Gasteiger partial charge in [0.2, 0.25) is 0 Å². The van der Waals surface area contributed by atoms with Gasteiger partial charge in [-0.25, -0.2) is 4.39 Å². The molecule has 2 rings (SSSR count). The Morgan fingerprint density at radius 2 is 1.95 bits per heavy atom. The van der Waals surface area contributed by atoms with Crippen molar-refractivity contribution in [3.05, 3.63) is 23.5 Å². The maximum atomic E-state index is 13.6. The summed E-state index contributed by atoms with van der Waals surface area (Å²) in [7, 11) is 0. The van der Waals surface area contributed by atoms with Gasteiger partial charge in [0.15, 0.2) is 11.6 Å². The quantitative estimate of drug-likeness (QED) is 0.905. The molecule has 0 bridgehead atoms. The minimum Gasteiger partial charge on any atom is -0.508 e. The van der Waals surface area contributed by atoms with Crippen LogP contribution in [0.2, 0.25) is 0 Å². The Hall–Kier alpha value is -1.00. The van der Waals surface area contributed by atoms with Gasteiger partial charge in [-0.1, -0.05) is 13.8 Å². The third kappa shape index (κ3) is 3.55. The molecule has 1 unspecified atom stereocenters. The van der Waals surface area contributed by atoms with Crippen LogP contribution in [0.1, 0.15) is 32.3 Å². The fourth-order valence-electron chi connectivity index (χ4n) is 2.70. The van der Waals surface area contributed by atoms with Gasteiger partial charge in [0.1, 0.15) is 12.4 Å². The number of hydrogen-bond donors (Lipinski definition) is 1. The lowest BCUT2D eigenvalue weighted by Crippen LogP contribution is -2.44. The minimum absolute atomic E-state index is 0. The number of aromatic hydroxyl groups is 1. The van der Waals surface area contributed by atoms with Crippen molar-refractivity contribution in [2.45, 2.75) is 39.2 Å². The van der Waals surface area contributed by atoms with Crippen LogP contribution in [0, 0.1) is 5.82 Å². The average Bonchev–Trinajstić information content (AvgIpc) is 2.42. The molecule has 5 heteroatoms. The van der Waals surface area contributed by atoms with E-state index in [9.17, 15) is 9.50 Å². The van der Waals surface area contributed by atoms with E-state index >= 15 is 0 Å². The van der Waals surface area contributed by atoms with Crippen LogP contribution in [0.15, 0.2) is 12.1 Å². The maximum Gasteiger partial charge on any atom is 0.165 e. The van der Waals surface area contributed by atoms with Crippen molar-refractivity contribution >= 4 is 12.4 Å². The van der Waals surface area contributed by atoms with Crippen molar-refractivity contribution in [3.8, 4) is 11.5 Å². The predicted octanol–water partition coefficient (Wildman–Crippen LogP) is 3.38. The molecule has 0 aliphatic carbocycles. The Labute approximate surface area is 126 Å². The molecule has 114 valence electrons. The first-order valence-electron chi connectivity index (χ1n) is 7.04. The van der Waals surface area contributed by atoms with Crippen molar-refractivity contribution < 1.29 is 14.2 Å².